The molecule has 3 aromatic rings. The van der Waals surface area contributed by atoms with Crippen molar-refractivity contribution in [1.29, 1.82) is 0 Å². The van der Waals surface area contributed by atoms with Crippen molar-refractivity contribution in [3.05, 3.63) is 89.4 Å². The highest BCUT2D eigenvalue weighted by atomic mass is 19.4. The standard InChI is InChI=1S/C22H19F3N4O/c1-4-8-17(13-15(2)22(23,24)25)29-12-11-19(30)21(27-29)18-14-28(3)26-20(18)16-9-6-5-7-10-16/h4-14H,2H2,1,3H3/b8-4-,17-13+. The topological polar surface area (TPSA) is 52.7 Å². The quantitative estimate of drug-likeness (QED) is 0.563. The third kappa shape index (κ3) is 4.48. The molecule has 0 saturated carbocycles. The molecule has 0 aliphatic heterocycles. The summed E-state index contributed by atoms with van der Waals surface area (Å²) in [4.78, 5) is 12.6. The number of alkyl halides is 3. The first-order valence-corrected chi connectivity index (χ1v) is 9.01. The molecule has 0 unspecified atom stereocenters. The minimum absolute atomic E-state index is 0.0810. The van der Waals surface area contributed by atoms with E-state index in [0.717, 1.165) is 11.6 Å². The van der Waals surface area contributed by atoms with Gasteiger partial charge in [-0.15, -0.1) is 0 Å². The van der Waals surface area contributed by atoms with E-state index in [1.54, 1.807) is 30.9 Å². The molecule has 0 radical (unpaired) electrons. The molecule has 154 valence electrons. The number of hydrogen-bond donors (Lipinski definition) is 0. The first-order valence-electron chi connectivity index (χ1n) is 9.01. The minimum Gasteiger partial charge on any atom is -0.287 e. The van der Waals surface area contributed by atoms with Gasteiger partial charge >= 0.3 is 6.18 Å². The van der Waals surface area contributed by atoms with Crippen LogP contribution in [0.3, 0.4) is 0 Å². The van der Waals surface area contributed by atoms with Gasteiger partial charge in [-0.3, -0.25) is 9.48 Å². The van der Waals surface area contributed by atoms with Crippen molar-refractivity contribution in [2.45, 2.75) is 13.1 Å². The van der Waals surface area contributed by atoms with Gasteiger partial charge in [0.2, 0.25) is 5.43 Å². The molecule has 0 atom stereocenters. The summed E-state index contributed by atoms with van der Waals surface area (Å²) in [6.07, 6.45) is 2.32. The largest absolute Gasteiger partial charge is 0.415 e. The second kappa shape index (κ2) is 8.36. The van der Waals surface area contributed by atoms with Gasteiger partial charge in [0, 0.05) is 31.1 Å². The Hall–Kier alpha value is -3.68. The molecule has 0 spiro atoms. The predicted molar refractivity (Wildman–Crippen MR) is 110 cm³/mol. The summed E-state index contributed by atoms with van der Waals surface area (Å²) in [6.45, 7) is 4.75. The van der Waals surface area contributed by atoms with Gasteiger partial charge in [0.15, 0.2) is 0 Å². The molecular weight excluding hydrogens is 393 g/mol. The summed E-state index contributed by atoms with van der Waals surface area (Å²) in [5.74, 6) is 0. The monoisotopic (exact) mass is 412 g/mol. The molecule has 2 aromatic heterocycles. The van der Waals surface area contributed by atoms with E-state index in [2.05, 4.69) is 16.8 Å². The zero-order valence-electron chi connectivity index (χ0n) is 16.4. The highest BCUT2D eigenvalue weighted by Crippen LogP contribution is 2.29. The van der Waals surface area contributed by atoms with Crippen LogP contribution in [0.25, 0.3) is 28.2 Å². The Morgan fingerprint density at radius 2 is 1.80 bits per heavy atom. The predicted octanol–water partition coefficient (Wildman–Crippen LogP) is 4.85. The molecule has 0 amide bonds. The van der Waals surface area contributed by atoms with Crippen LogP contribution >= 0.6 is 0 Å². The Balaban J connectivity index is 2.17. The fraction of sp³-hybridized carbons (Fsp3) is 0.136. The SMILES string of the molecule is C=C(/C=C(\C=C/C)n1ccc(=O)c(-c2cn(C)nc2-c2ccccc2)n1)C(F)(F)F. The second-order valence-corrected chi connectivity index (χ2v) is 6.50. The third-order valence-corrected chi connectivity index (χ3v) is 4.23. The molecule has 0 N–H and O–H groups in total. The highest BCUT2D eigenvalue weighted by molar-refractivity contribution is 5.78. The first kappa shape index (κ1) is 21.0. The van der Waals surface area contributed by atoms with Crippen LogP contribution in [-0.2, 0) is 7.05 Å². The van der Waals surface area contributed by atoms with Crippen molar-refractivity contribution in [3.8, 4) is 22.5 Å². The maximum Gasteiger partial charge on any atom is 0.415 e. The zero-order chi connectivity index (χ0) is 21.9. The van der Waals surface area contributed by atoms with Crippen molar-refractivity contribution in [3.63, 3.8) is 0 Å². The van der Waals surface area contributed by atoms with Gasteiger partial charge in [0.1, 0.15) is 11.4 Å². The molecule has 8 heteroatoms. The van der Waals surface area contributed by atoms with Crippen LogP contribution in [0.15, 0.2) is 84.0 Å². The number of hydrogen-bond acceptors (Lipinski definition) is 3. The van der Waals surface area contributed by atoms with Gasteiger partial charge in [0.05, 0.1) is 16.8 Å². The maximum atomic E-state index is 13.0. The Bertz CT molecular complexity index is 1190. The van der Waals surface area contributed by atoms with E-state index in [0.29, 0.717) is 11.3 Å². The molecule has 0 aliphatic carbocycles. The lowest BCUT2D eigenvalue weighted by Crippen LogP contribution is -2.14. The highest BCUT2D eigenvalue weighted by Gasteiger charge is 2.30. The van der Waals surface area contributed by atoms with E-state index in [9.17, 15) is 18.0 Å². The Morgan fingerprint density at radius 3 is 2.43 bits per heavy atom. The third-order valence-electron chi connectivity index (χ3n) is 4.23. The minimum atomic E-state index is -4.57. The van der Waals surface area contributed by atoms with Crippen LogP contribution < -0.4 is 5.43 Å². The van der Waals surface area contributed by atoms with Gasteiger partial charge in [-0.25, -0.2) is 4.68 Å². The van der Waals surface area contributed by atoms with Gasteiger partial charge < -0.3 is 0 Å². The molecule has 30 heavy (non-hydrogen) atoms. The number of aryl methyl sites for hydroxylation is 1. The van der Waals surface area contributed by atoms with E-state index < -0.39 is 11.7 Å². The van der Waals surface area contributed by atoms with E-state index in [4.69, 9.17) is 0 Å². The Labute approximate surface area is 171 Å². The fourth-order valence-electron chi connectivity index (χ4n) is 2.83. The maximum absolute atomic E-state index is 13.0. The number of nitrogens with zero attached hydrogens (tertiary/aromatic N) is 4. The summed E-state index contributed by atoms with van der Waals surface area (Å²) in [5.41, 5.74) is 0.632. The van der Waals surface area contributed by atoms with Crippen LogP contribution in [0.4, 0.5) is 13.2 Å². The first-order chi connectivity index (χ1) is 14.2. The Morgan fingerprint density at radius 1 is 1.10 bits per heavy atom. The molecule has 0 saturated heterocycles. The van der Waals surface area contributed by atoms with E-state index >= 15 is 0 Å². The van der Waals surface area contributed by atoms with Crippen molar-refractivity contribution in [1.82, 2.24) is 19.6 Å². The summed E-state index contributed by atoms with van der Waals surface area (Å²) in [6, 6.07) is 10.5. The van der Waals surface area contributed by atoms with Crippen LogP contribution in [0.1, 0.15) is 6.92 Å². The van der Waals surface area contributed by atoms with E-state index in [-0.39, 0.29) is 16.8 Å². The average Bonchev–Trinajstić information content (AvgIpc) is 3.09. The van der Waals surface area contributed by atoms with Crippen LogP contribution in [0.5, 0.6) is 0 Å². The van der Waals surface area contributed by atoms with Gasteiger partial charge in [-0.1, -0.05) is 43.0 Å². The van der Waals surface area contributed by atoms with Gasteiger partial charge in [0.25, 0.3) is 0 Å². The zero-order valence-corrected chi connectivity index (χ0v) is 16.4. The number of halogens is 3. The lowest BCUT2D eigenvalue weighted by atomic mass is 10.1. The smallest absolute Gasteiger partial charge is 0.287 e. The molecule has 3 rings (SSSR count). The lowest BCUT2D eigenvalue weighted by Gasteiger charge is -2.11. The molecule has 0 bridgehead atoms. The van der Waals surface area contributed by atoms with Gasteiger partial charge in [-0.05, 0) is 19.1 Å². The van der Waals surface area contributed by atoms with Crippen LogP contribution in [0, 0.1) is 0 Å². The lowest BCUT2D eigenvalue weighted by molar-refractivity contribution is -0.0877. The number of aromatic nitrogens is 4. The molecular formula is C22H19F3N4O. The molecule has 5 nitrogen and oxygen atoms in total. The van der Waals surface area contributed by atoms with Crippen molar-refractivity contribution in [2.75, 3.05) is 0 Å². The number of benzene rings is 1. The number of allylic oxidation sites excluding steroid dienone is 5. The molecule has 1 aromatic carbocycles. The molecule has 0 fully saturated rings. The summed E-state index contributed by atoms with van der Waals surface area (Å²) in [5, 5.41) is 8.75. The fourth-order valence-corrected chi connectivity index (χ4v) is 2.83. The summed E-state index contributed by atoms with van der Waals surface area (Å²) >= 11 is 0. The summed E-state index contributed by atoms with van der Waals surface area (Å²) < 4.78 is 41.7. The van der Waals surface area contributed by atoms with E-state index in [1.165, 1.54) is 23.0 Å². The molecule has 0 aliphatic rings. The van der Waals surface area contributed by atoms with Gasteiger partial charge in [-0.2, -0.15) is 23.4 Å². The normalized spacial score (nSPS) is 12.5. The van der Waals surface area contributed by atoms with Crippen molar-refractivity contribution < 1.29 is 13.2 Å². The molecule has 2 heterocycles. The van der Waals surface area contributed by atoms with Crippen LogP contribution in [0.2, 0.25) is 0 Å². The Kier molecular flexibility index (Phi) is 5.86. The number of rotatable bonds is 5. The van der Waals surface area contributed by atoms with Crippen molar-refractivity contribution in [2.24, 2.45) is 7.05 Å². The van der Waals surface area contributed by atoms with E-state index in [1.807, 2.05) is 30.3 Å². The van der Waals surface area contributed by atoms with Crippen LogP contribution in [-0.4, -0.2) is 25.7 Å². The summed E-state index contributed by atoms with van der Waals surface area (Å²) in [7, 11) is 1.72. The average molecular weight is 412 g/mol. The second-order valence-electron chi connectivity index (χ2n) is 6.50. The van der Waals surface area contributed by atoms with Crippen molar-refractivity contribution >= 4 is 5.70 Å².